The van der Waals surface area contributed by atoms with Gasteiger partial charge in [-0.15, -0.1) is 0 Å². The zero-order chi connectivity index (χ0) is 24.7. The monoisotopic (exact) mass is 491 g/mol. The van der Waals surface area contributed by atoms with Crippen molar-refractivity contribution in [3.05, 3.63) is 82.5 Å². The lowest BCUT2D eigenvalue weighted by Crippen LogP contribution is -2.44. The molecule has 0 aliphatic carbocycles. The number of nitrogens with zero attached hydrogens (tertiary/aromatic N) is 5. The van der Waals surface area contributed by atoms with Gasteiger partial charge in [-0.2, -0.15) is 5.10 Å². The van der Waals surface area contributed by atoms with Crippen molar-refractivity contribution < 1.29 is 13.2 Å². The van der Waals surface area contributed by atoms with Gasteiger partial charge in [0.2, 0.25) is 5.91 Å². The molecule has 10 heteroatoms. The van der Waals surface area contributed by atoms with Crippen LogP contribution in [-0.2, 0) is 21.2 Å². The van der Waals surface area contributed by atoms with E-state index < -0.39 is 15.9 Å². The number of hydrogen-bond donors (Lipinski definition) is 0. The Morgan fingerprint density at radius 1 is 1.11 bits per heavy atom. The van der Waals surface area contributed by atoms with Gasteiger partial charge < -0.3 is 4.90 Å². The summed E-state index contributed by atoms with van der Waals surface area (Å²) in [5.74, 6) is -0.426. The SMILES string of the molecule is Cc1cc(C)cc(-n2ncc3c(=O)n(CC(=O)N(c4ccccc4)[C@@H]4CCS(=O)(=O)C4)cnc32)c1. The van der Waals surface area contributed by atoms with Crippen molar-refractivity contribution in [3.63, 3.8) is 0 Å². The fraction of sp³-hybridized carbons (Fsp3) is 0.280. The number of carbonyl (C=O) groups excluding carboxylic acids is 1. The van der Waals surface area contributed by atoms with Crippen LogP contribution < -0.4 is 10.5 Å². The molecule has 3 heterocycles. The fourth-order valence-corrected chi connectivity index (χ4v) is 6.37. The summed E-state index contributed by atoms with van der Waals surface area (Å²) in [6, 6.07) is 14.4. The maximum Gasteiger partial charge on any atom is 0.264 e. The predicted molar refractivity (Wildman–Crippen MR) is 134 cm³/mol. The Labute approximate surface area is 202 Å². The van der Waals surface area contributed by atoms with Gasteiger partial charge in [0.05, 0.1) is 29.4 Å². The predicted octanol–water partition coefficient (Wildman–Crippen LogP) is 2.42. The van der Waals surface area contributed by atoms with Crippen molar-refractivity contribution in [2.45, 2.75) is 32.9 Å². The highest BCUT2D eigenvalue weighted by atomic mass is 32.2. The first-order chi connectivity index (χ1) is 16.7. The summed E-state index contributed by atoms with van der Waals surface area (Å²) in [6.07, 6.45) is 3.16. The Morgan fingerprint density at radius 3 is 2.49 bits per heavy atom. The number of benzene rings is 2. The van der Waals surface area contributed by atoms with Crippen LogP contribution in [0.2, 0.25) is 0 Å². The topological polar surface area (TPSA) is 107 Å². The van der Waals surface area contributed by atoms with Gasteiger partial charge in [-0.05, 0) is 55.7 Å². The summed E-state index contributed by atoms with van der Waals surface area (Å²) in [7, 11) is -3.21. The summed E-state index contributed by atoms with van der Waals surface area (Å²) in [5.41, 5.74) is 3.56. The summed E-state index contributed by atoms with van der Waals surface area (Å²) < 4.78 is 27.1. The number of amides is 1. The molecule has 0 bridgehead atoms. The number of hydrogen-bond acceptors (Lipinski definition) is 6. The van der Waals surface area contributed by atoms with Gasteiger partial charge in [0.1, 0.15) is 18.3 Å². The van der Waals surface area contributed by atoms with E-state index in [0.29, 0.717) is 23.1 Å². The van der Waals surface area contributed by atoms with Gasteiger partial charge in [0.25, 0.3) is 5.56 Å². The van der Waals surface area contributed by atoms with Crippen LogP contribution >= 0.6 is 0 Å². The lowest BCUT2D eigenvalue weighted by Gasteiger charge is -2.28. The Kier molecular flexibility index (Phi) is 5.76. The van der Waals surface area contributed by atoms with Crippen molar-refractivity contribution in [3.8, 4) is 5.69 Å². The van der Waals surface area contributed by atoms with Crippen LogP contribution in [0.1, 0.15) is 17.5 Å². The smallest absolute Gasteiger partial charge is 0.264 e. The zero-order valence-corrected chi connectivity index (χ0v) is 20.3. The van der Waals surface area contributed by atoms with Crippen LogP contribution in [0, 0.1) is 13.8 Å². The molecule has 1 amide bonds. The molecule has 1 aliphatic rings. The first-order valence-electron chi connectivity index (χ1n) is 11.3. The first-order valence-corrected chi connectivity index (χ1v) is 13.1. The molecule has 9 nitrogen and oxygen atoms in total. The minimum atomic E-state index is -3.21. The Hall–Kier alpha value is -3.79. The molecular formula is C25H25N5O4S. The second kappa shape index (κ2) is 8.77. The van der Waals surface area contributed by atoms with Crippen molar-refractivity contribution in [1.82, 2.24) is 19.3 Å². The Morgan fingerprint density at radius 2 is 1.83 bits per heavy atom. The molecular weight excluding hydrogens is 466 g/mol. The lowest BCUT2D eigenvalue weighted by molar-refractivity contribution is -0.119. The van der Waals surface area contributed by atoms with Gasteiger partial charge in [0.15, 0.2) is 15.5 Å². The normalized spacial score (nSPS) is 17.0. The molecule has 5 rings (SSSR count). The molecule has 1 fully saturated rings. The minimum absolute atomic E-state index is 0.0410. The molecule has 0 radical (unpaired) electrons. The summed E-state index contributed by atoms with van der Waals surface area (Å²) in [4.78, 5) is 32.6. The van der Waals surface area contributed by atoms with Crippen LogP contribution in [0.3, 0.4) is 0 Å². The van der Waals surface area contributed by atoms with Crippen LogP contribution in [-0.4, -0.2) is 51.2 Å². The molecule has 0 unspecified atom stereocenters. The molecule has 0 saturated carbocycles. The van der Waals surface area contributed by atoms with Crippen molar-refractivity contribution in [2.24, 2.45) is 0 Å². The van der Waals surface area contributed by atoms with E-state index in [2.05, 4.69) is 16.1 Å². The van der Waals surface area contributed by atoms with E-state index in [9.17, 15) is 18.0 Å². The average Bonchev–Trinajstić information content (AvgIpc) is 3.39. The first kappa shape index (κ1) is 23.0. The number of para-hydroxylation sites is 1. The second-order valence-electron chi connectivity index (χ2n) is 8.97. The molecule has 0 N–H and O–H groups in total. The van der Waals surface area contributed by atoms with Gasteiger partial charge in [-0.25, -0.2) is 18.1 Å². The lowest BCUT2D eigenvalue weighted by atomic mass is 10.1. The number of anilines is 1. The van der Waals surface area contributed by atoms with Crippen LogP contribution in [0.15, 0.2) is 65.8 Å². The van der Waals surface area contributed by atoms with Gasteiger partial charge in [0, 0.05) is 5.69 Å². The van der Waals surface area contributed by atoms with Gasteiger partial charge >= 0.3 is 0 Å². The molecule has 0 spiro atoms. The van der Waals surface area contributed by atoms with Crippen molar-refractivity contribution >= 4 is 32.5 Å². The number of aromatic nitrogens is 4. The second-order valence-corrected chi connectivity index (χ2v) is 11.2. The van der Waals surface area contributed by atoms with Crippen LogP contribution in [0.25, 0.3) is 16.7 Å². The standard InChI is InChI=1S/C25H25N5O4S/c1-17-10-18(2)12-21(11-17)30-24-22(13-27-30)25(32)28(16-26-24)14-23(31)29(19-6-4-3-5-7-19)20-8-9-35(33,34)15-20/h3-7,10-13,16,20H,8-9,14-15H2,1-2H3/t20-/m1/s1. The average molecular weight is 492 g/mol. The van der Waals surface area contributed by atoms with Crippen molar-refractivity contribution in [1.29, 1.82) is 0 Å². The summed E-state index contributed by atoms with van der Waals surface area (Å²) >= 11 is 0. The molecule has 2 aromatic heterocycles. The molecule has 35 heavy (non-hydrogen) atoms. The largest absolute Gasteiger partial charge is 0.307 e. The van der Waals surface area contributed by atoms with Crippen molar-refractivity contribution in [2.75, 3.05) is 16.4 Å². The van der Waals surface area contributed by atoms with E-state index in [1.165, 1.54) is 22.0 Å². The third-order valence-corrected chi connectivity index (χ3v) is 7.94. The third kappa shape index (κ3) is 4.49. The quantitative estimate of drug-likeness (QED) is 0.424. The number of aryl methyl sites for hydroxylation is 2. The maximum absolute atomic E-state index is 13.4. The molecule has 1 aliphatic heterocycles. The highest BCUT2D eigenvalue weighted by molar-refractivity contribution is 7.91. The van der Waals surface area contributed by atoms with E-state index in [0.717, 1.165) is 16.8 Å². The molecule has 2 aromatic carbocycles. The third-order valence-electron chi connectivity index (χ3n) is 6.19. The Balaban J connectivity index is 1.49. The molecule has 1 saturated heterocycles. The van der Waals surface area contributed by atoms with E-state index in [-0.39, 0.29) is 29.5 Å². The van der Waals surface area contributed by atoms with Crippen LogP contribution in [0.5, 0.6) is 0 Å². The van der Waals surface area contributed by atoms with E-state index in [1.54, 1.807) is 28.9 Å². The van der Waals surface area contributed by atoms with Gasteiger partial charge in [-0.1, -0.05) is 24.3 Å². The minimum Gasteiger partial charge on any atom is -0.307 e. The zero-order valence-electron chi connectivity index (χ0n) is 19.5. The maximum atomic E-state index is 13.4. The van der Waals surface area contributed by atoms with E-state index >= 15 is 0 Å². The Bertz CT molecular complexity index is 1570. The van der Waals surface area contributed by atoms with E-state index in [4.69, 9.17) is 0 Å². The highest BCUT2D eigenvalue weighted by Gasteiger charge is 2.35. The van der Waals surface area contributed by atoms with E-state index in [1.807, 2.05) is 32.0 Å². The number of carbonyl (C=O) groups is 1. The number of fused-ring (bicyclic) bond motifs is 1. The van der Waals surface area contributed by atoms with Crippen LogP contribution in [0.4, 0.5) is 5.69 Å². The number of rotatable bonds is 5. The molecule has 4 aromatic rings. The molecule has 1 atom stereocenters. The highest BCUT2D eigenvalue weighted by Crippen LogP contribution is 2.25. The van der Waals surface area contributed by atoms with Gasteiger partial charge in [-0.3, -0.25) is 14.2 Å². The fourth-order valence-electron chi connectivity index (χ4n) is 4.67. The molecule has 180 valence electrons. The summed E-state index contributed by atoms with van der Waals surface area (Å²) in [5, 5.41) is 4.67. The summed E-state index contributed by atoms with van der Waals surface area (Å²) in [6.45, 7) is 3.71. The number of sulfone groups is 1.